The van der Waals surface area contributed by atoms with Gasteiger partial charge in [-0.25, -0.2) is 4.79 Å². The lowest BCUT2D eigenvalue weighted by molar-refractivity contribution is 0.0699. The Balaban J connectivity index is 2.35. The summed E-state index contributed by atoms with van der Waals surface area (Å²) in [6, 6.07) is 14.7. The van der Waals surface area contributed by atoms with Gasteiger partial charge in [0.15, 0.2) is 0 Å². The SMILES string of the molecule is O=C(O)c1cccc2[nH]nc(-c3ccccc3)c12. The average Bonchev–Trinajstić information content (AvgIpc) is 2.83. The summed E-state index contributed by atoms with van der Waals surface area (Å²) in [6.07, 6.45) is 0. The maximum atomic E-state index is 11.3. The summed E-state index contributed by atoms with van der Waals surface area (Å²) < 4.78 is 0. The lowest BCUT2D eigenvalue weighted by atomic mass is 10.0. The minimum absolute atomic E-state index is 0.264. The normalized spacial score (nSPS) is 10.7. The Morgan fingerprint density at radius 2 is 1.83 bits per heavy atom. The van der Waals surface area contributed by atoms with Gasteiger partial charge in [0.25, 0.3) is 0 Å². The number of H-pyrrole nitrogens is 1. The zero-order chi connectivity index (χ0) is 12.5. The molecule has 3 aromatic rings. The molecule has 2 aromatic carbocycles. The maximum absolute atomic E-state index is 11.3. The topological polar surface area (TPSA) is 66.0 Å². The van der Waals surface area contributed by atoms with Crippen molar-refractivity contribution in [3.63, 3.8) is 0 Å². The number of nitrogens with zero attached hydrogens (tertiary/aromatic N) is 1. The zero-order valence-corrected chi connectivity index (χ0v) is 9.42. The van der Waals surface area contributed by atoms with Crippen molar-refractivity contribution in [2.75, 3.05) is 0 Å². The van der Waals surface area contributed by atoms with Gasteiger partial charge in [-0.3, -0.25) is 5.10 Å². The third-order valence-corrected chi connectivity index (χ3v) is 2.87. The van der Waals surface area contributed by atoms with Gasteiger partial charge >= 0.3 is 5.97 Å². The summed E-state index contributed by atoms with van der Waals surface area (Å²) in [5.74, 6) is -0.945. The number of carboxylic acid groups (broad SMARTS) is 1. The number of hydrogen-bond acceptors (Lipinski definition) is 2. The molecular formula is C14H10N2O2. The van der Waals surface area contributed by atoms with Crippen LogP contribution in [0.5, 0.6) is 0 Å². The number of hydrogen-bond donors (Lipinski definition) is 2. The zero-order valence-electron chi connectivity index (χ0n) is 9.42. The van der Waals surface area contributed by atoms with Gasteiger partial charge in [-0.2, -0.15) is 5.10 Å². The maximum Gasteiger partial charge on any atom is 0.336 e. The van der Waals surface area contributed by atoms with E-state index in [0.717, 1.165) is 11.1 Å². The molecule has 4 nitrogen and oxygen atoms in total. The minimum atomic E-state index is -0.945. The average molecular weight is 238 g/mol. The van der Waals surface area contributed by atoms with Gasteiger partial charge in [0, 0.05) is 10.9 Å². The molecule has 0 aliphatic heterocycles. The van der Waals surface area contributed by atoms with Gasteiger partial charge in [-0.05, 0) is 12.1 Å². The van der Waals surface area contributed by atoms with Crippen molar-refractivity contribution in [3.05, 3.63) is 54.1 Å². The Morgan fingerprint density at radius 3 is 2.56 bits per heavy atom. The van der Waals surface area contributed by atoms with E-state index in [4.69, 9.17) is 0 Å². The fraction of sp³-hybridized carbons (Fsp3) is 0. The molecule has 0 amide bonds. The van der Waals surface area contributed by atoms with Crippen molar-refractivity contribution < 1.29 is 9.90 Å². The van der Waals surface area contributed by atoms with Crippen molar-refractivity contribution in [1.29, 1.82) is 0 Å². The number of carboxylic acids is 1. The first-order chi connectivity index (χ1) is 8.77. The molecule has 4 heteroatoms. The van der Waals surface area contributed by atoms with E-state index in [-0.39, 0.29) is 5.56 Å². The van der Waals surface area contributed by atoms with Crippen LogP contribution in [0.3, 0.4) is 0 Å². The molecule has 1 aromatic heterocycles. The summed E-state index contributed by atoms with van der Waals surface area (Å²) in [7, 11) is 0. The molecule has 88 valence electrons. The number of aromatic amines is 1. The smallest absolute Gasteiger partial charge is 0.336 e. The predicted octanol–water partition coefficient (Wildman–Crippen LogP) is 2.93. The Labute approximate surface area is 103 Å². The summed E-state index contributed by atoms with van der Waals surface area (Å²) in [4.78, 5) is 11.3. The monoisotopic (exact) mass is 238 g/mol. The molecule has 1 heterocycles. The van der Waals surface area contributed by atoms with Crippen LogP contribution in [-0.4, -0.2) is 21.3 Å². The third kappa shape index (κ3) is 1.55. The molecule has 3 rings (SSSR count). The van der Waals surface area contributed by atoms with Crippen molar-refractivity contribution in [3.8, 4) is 11.3 Å². The van der Waals surface area contributed by atoms with E-state index in [2.05, 4.69) is 10.2 Å². The van der Waals surface area contributed by atoms with Crippen molar-refractivity contribution in [2.45, 2.75) is 0 Å². The first-order valence-corrected chi connectivity index (χ1v) is 5.53. The Morgan fingerprint density at radius 1 is 1.06 bits per heavy atom. The second kappa shape index (κ2) is 4.00. The van der Waals surface area contributed by atoms with Crippen molar-refractivity contribution in [2.24, 2.45) is 0 Å². The molecule has 0 radical (unpaired) electrons. The van der Waals surface area contributed by atoms with E-state index in [1.165, 1.54) is 0 Å². The summed E-state index contributed by atoms with van der Waals surface area (Å²) in [6.45, 7) is 0. The highest BCUT2D eigenvalue weighted by Gasteiger charge is 2.15. The molecule has 0 saturated carbocycles. The molecule has 2 N–H and O–H groups in total. The first-order valence-electron chi connectivity index (χ1n) is 5.53. The van der Waals surface area contributed by atoms with Crippen LogP contribution in [0.4, 0.5) is 0 Å². The lowest BCUT2D eigenvalue weighted by Gasteiger charge is -2.00. The Kier molecular flexibility index (Phi) is 2.34. The van der Waals surface area contributed by atoms with Gasteiger partial charge in [0.1, 0.15) is 5.69 Å². The van der Waals surface area contributed by atoms with Gasteiger partial charge in [0.2, 0.25) is 0 Å². The molecule has 0 saturated heterocycles. The molecule has 0 unspecified atom stereocenters. The van der Waals surface area contributed by atoms with Crippen LogP contribution in [0.15, 0.2) is 48.5 Å². The molecule has 0 atom stereocenters. The molecule has 0 bridgehead atoms. The molecule has 0 aliphatic rings. The van der Waals surface area contributed by atoms with Crippen LogP contribution in [0.1, 0.15) is 10.4 Å². The standard InChI is InChI=1S/C14H10N2O2/c17-14(18)10-7-4-8-11-12(10)13(16-15-11)9-5-2-1-3-6-9/h1-8H,(H,15,16)(H,17,18). The molecular weight excluding hydrogens is 228 g/mol. The molecule has 0 fully saturated rings. The second-order valence-corrected chi connectivity index (χ2v) is 3.97. The lowest BCUT2D eigenvalue weighted by Crippen LogP contribution is -1.97. The van der Waals surface area contributed by atoms with Gasteiger partial charge in [-0.15, -0.1) is 0 Å². The minimum Gasteiger partial charge on any atom is -0.478 e. The van der Waals surface area contributed by atoms with Crippen LogP contribution in [0, 0.1) is 0 Å². The van der Waals surface area contributed by atoms with E-state index < -0.39 is 5.97 Å². The quantitative estimate of drug-likeness (QED) is 0.721. The number of benzene rings is 2. The van der Waals surface area contributed by atoms with Crippen LogP contribution >= 0.6 is 0 Å². The fourth-order valence-electron chi connectivity index (χ4n) is 2.06. The van der Waals surface area contributed by atoms with Crippen LogP contribution in [0.25, 0.3) is 22.2 Å². The number of nitrogens with one attached hydrogen (secondary N) is 1. The number of aromatic nitrogens is 2. The highest BCUT2D eigenvalue weighted by molar-refractivity contribution is 6.08. The largest absolute Gasteiger partial charge is 0.478 e. The molecule has 0 aliphatic carbocycles. The summed E-state index contributed by atoms with van der Waals surface area (Å²) in [5.41, 5.74) is 2.56. The van der Waals surface area contributed by atoms with Crippen molar-refractivity contribution >= 4 is 16.9 Å². The number of rotatable bonds is 2. The van der Waals surface area contributed by atoms with Crippen LogP contribution < -0.4 is 0 Å². The van der Waals surface area contributed by atoms with Crippen LogP contribution in [-0.2, 0) is 0 Å². The number of fused-ring (bicyclic) bond motifs is 1. The molecule has 18 heavy (non-hydrogen) atoms. The summed E-state index contributed by atoms with van der Waals surface area (Å²) >= 11 is 0. The van der Waals surface area contributed by atoms with E-state index in [1.807, 2.05) is 36.4 Å². The van der Waals surface area contributed by atoms with E-state index in [1.54, 1.807) is 12.1 Å². The van der Waals surface area contributed by atoms with Crippen molar-refractivity contribution in [1.82, 2.24) is 10.2 Å². The number of aromatic carboxylic acids is 1. The Bertz CT molecular complexity index is 717. The van der Waals surface area contributed by atoms with Gasteiger partial charge in [0.05, 0.1) is 11.1 Å². The predicted molar refractivity (Wildman–Crippen MR) is 68.5 cm³/mol. The highest BCUT2D eigenvalue weighted by atomic mass is 16.4. The van der Waals surface area contributed by atoms with Gasteiger partial charge < -0.3 is 5.11 Å². The van der Waals surface area contributed by atoms with Crippen LogP contribution in [0.2, 0.25) is 0 Å². The van der Waals surface area contributed by atoms with Gasteiger partial charge in [-0.1, -0.05) is 36.4 Å². The second-order valence-electron chi connectivity index (χ2n) is 3.97. The highest BCUT2D eigenvalue weighted by Crippen LogP contribution is 2.28. The fourth-order valence-corrected chi connectivity index (χ4v) is 2.06. The van der Waals surface area contributed by atoms with E-state index in [0.29, 0.717) is 11.1 Å². The Hall–Kier alpha value is -2.62. The van der Waals surface area contributed by atoms with E-state index >= 15 is 0 Å². The number of carbonyl (C=O) groups is 1. The first kappa shape index (κ1) is 10.5. The third-order valence-electron chi connectivity index (χ3n) is 2.87. The molecule has 0 spiro atoms. The summed E-state index contributed by atoms with van der Waals surface area (Å²) in [5, 5.41) is 17.0. The van der Waals surface area contributed by atoms with E-state index in [9.17, 15) is 9.90 Å².